The summed E-state index contributed by atoms with van der Waals surface area (Å²) in [5, 5.41) is 2.05. The van der Waals surface area contributed by atoms with Crippen molar-refractivity contribution in [3.8, 4) is 0 Å². The zero-order valence-corrected chi connectivity index (χ0v) is 8.71. The van der Waals surface area contributed by atoms with Crippen LogP contribution in [-0.4, -0.2) is 19.2 Å². The minimum absolute atomic E-state index is 0.226. The summed E-state index contributed by atoms with van der Waals surface area (Å²) < 4.78 is 29.8. The van der Waals surface area contributed by atoms with Gasteiger partial charge in [0.1, 0.15) is 11.6 Å². The first-order valence-electron chi connectivity index (χ1n) is 4.39. The highest BCUT2D eigenvalue weighted by Crippen LogP contribution is 2.14. The first kappa shape index (κ1) is 12.7. The van der Waals surface area contributed by atoms with Crippen LogP contribution in [0.5, 0.6) is 0 Å². The summed E-state index contributed by atoms with van der Waals surface area (Å²) in [5.74, 6) is -1.70. The minimum Gasteiger partial charge on any atom is -0.452 e. The Morgan fingerprint density at radius 2 is 1.94 bits per heavy atom. The first-order valence-corrected chi connectivity index (χ1v) is 4.39. The Balaban J connectivity index is 2.53. The second kappa shape index (κ2) is 5.64. The van der Waals surface area contributed by atoms with Gasteiger partial charge in [0.25, 0.3) is 0 Å². The summed E-state index contributed by atoms with van der Waals surface area (Å²) in [5.41, 5.74) is 3.53. The number of carbonyl (C=O) groups is 2. The molecule has 0 aliphatic heterocycles. The minimum atomic E-state index is -0.932. The number of anilines is 1. The Hall–Kier alpha value is -2.38. The maximum absolute atomic E-state index is 13.1. The number of amides is 3. The zero-order valence-electron chi connectivity index (χ0n) is 8.71. The maximum atomic E-state index is 13.1. The van der Waals surface area contributed by atoms with Crippen LogP contribution in [0.1, 0.15) is 0 Å². The third-order valence-corrected chi connectivity index (χ3v) is 1.64. The molecule has 17 heavy (non-hydrogen) atoms. The molecule has 6 nitrogen and oxygen atoms in total. The molecule has 1 aromatic carbocycles. The number of nitrogens with one attached hydrogen (secondary N) is 3. The van der Waals surface area contributed by atoms with E-state index < -0.39 is 23.8 Å². The Labute approximate surface area is 94.9 Å². The Kier molecular flexibility index (Phi) is 4.21. The Bertz CT molecular complexity index is 439. The Morgan fingerprint density at radius 1 is 1.24 bits per heavy atom. The molecule has 92 valence electrons. The molecular weight excluding hydrogens is 236 g/mol. The van der Waals surface area contributed by atoms with E-state index >= 15 is 0 Å². The lowest BCUT2D eigenvalue weighted by Gasteiger charge is -2.08. The highest BCUT2D eigenvalue weighted by Gasteiger charge is 2.08. The number of hydrogen-bond acceptors (Lipinski definition) is 3. The van der Waals surface area contributed by atoms with Crippen molar-refractivity contribution < 1.29 is 23.1 Å². The van der Waals surface area contributed by atoms with Crippen LogP contribution in [-0.2, 0) is 4.74 Å². The molecule has 0 heterocycles. The van der Waals surface area contributed by atoms with Gasteiger partial charge in [-0.05, 0) is 12.1 Å². The van der Waals surface area contributed by atoms with E-state index in [9.17, 15) is 18.4 Å². The third-order valence-electron chi connectivity index (χ3n) is 1.64. The van der Waals surface area contributed by atoms with E-state index in [0.29, 0.717) is 6.07 Å². The highest BCUT2D eigenvalue weighted by molar-refractivity contribution is 5.90. The van der Waals surface area contributed by atoms with Crippen molar-refractivity contribution >= 4 is 17.8 Å². The lowest BCUT2D eigenvalue weighted by Crippen LogP contribution is -2.43. The number of benzene rings is 1. The molecule has 3 N–H and O–H groups in total. The molecule has 0 bridgehead atoms. The molecule has 0 atom stereocenters. The molecule has 0 aliphatic carbocycles. The maximum Gasteiger partial charge on any atom is 0.425 e. The van der Waals surface area contributed by atoms with Gasteiger partial charge in [-0.1, -0.05) is 0 Å². The predicted molar refractivity (Wildman–Crippen MR) is 54.1 cm³/mol. The van der Waals surface area contributed by atoms with Crippen LogP contribution in [0, 0.1) is 11.6 Å². The molecule has 0 unspecified atom stereocenters. The van der Waals surface area contributed by atoms with Crippen LogP contribution in [0.25, 0.3) is 0 Å². The van der Waals surface area contributed by atoms with Crippen LogP contribution in [0.2, 0.25) is 0 Å². The monoisotopic (exact) mass is 245 g/mol. The number of urea groups is 1. The van der Waals surface area contributed by atoms with Crippen LogP contribution in [0.15, 0.2) is 18.2 Å². The van der Waals surface area contributed by atoms with E-state index in [0.717, 1.165) is 19.2 Å². The average molecular weight is 245 g/mol. The van der Waals surface area contributed by atoms with E-state index in [1.807, 2.05) is 10.9 Å². The van der Waals surface area contributed by atoms with Gasteiger partial charge in [-0.2, -0.15) is 0 Å². The molecule has 0 spiro atoms. The summed E-state index contributed by atoms with van der Waals surface area (Å²) in [6, 6.07) is 1.74. The molecule has 0 saturated heterocycles. The number of methoxy groups -OCH3 is 1. The second-order valence-corrected chi connectivity index (χ2v) is 2.82. The van der Waals surface area contributed by atoms with Crippen LogP contribution in [0.3, 0.4) is 0 Å². The van der Waals surface area contributed by atoms with Crippen molar-refractivity contribution in [3.05, 3.63) is 29.8 Å². The summed E-state index contributed by atoms with van der Waals surface area (Å²) in [7, 11) is 1.11. The quantitative estimate of drug-likeness (QED) is 0.653. The van der Waals surface area contributed by atoms with Crippen LogP contribution in [0.4, 0.5) is 24.1 Å². The fourth-order valence-corrected chi connectivity index (χ4v) is 0.903. The summed E-state index contributed by atoms with van der Waals surface area (Å²) in [6.45, 7) is 0. The number of halogens is 2. The molecule has 1 aromatic rings. The normalized spacial score (nSPS) is 9.35. The van der Waals surface area contributed by atoms with Gasteiger partial charge in [0.15, 0.2) is 0 Å². The topological polar surface area (TPSA) is 79.5 Å². The van der Waals surface area contributed by atoms with Gasteiger partial charge in [-0.3, -0.25) is 0 Å². The fourth-order valence-electron chi connectivity index (χ4n) is 0.903. The molecule has 0 aromatic heterocycles. The van der Waals surface area contributed by atoms with Crippen molar-refractivity contribution in [1.82, 2.24) is 10.9 Å². The zero-order chi connectivity index (χ0) is 12.8. The lowest BCUT2D eigenvalue weighted by atomic mass is 10.3. The van der Waals surface area contributed by atoms with Crippen LogP contribution < -0.4 is 16.2 Å². The summed E-state index contributed by atoms with van der Waals surface area (Å²) >= 11 is 0. The van der Waals surface area contributed by atoms with E-state index in [4.69, 9.17) is 0 Å². The summed E-state index contributed by atoms with van der Waals surface area (Å²) in [6.07, 6.45) is -0.889. The second-order valence-electron chi connectivity index (χ2n) is 2.82. The molecule has 1 rings (SSSR count). The van der Waals surface area contributed by atoms with E-state index in [1.165, 1.54) is 0 Å². The molecular formula is C9H9F2N3O3. The number of hydrazine groups is 1. The van der Waals surface area contributed by atoms with E-state index in [1.54, 1.807) is 0 Å². The standard InChI is InChI=1S/C9H9F2N3O3/c1-17-9(16)14-13-8(15)12-7-3-2-5(10)4-6(7)11/h2-4H,1H3,(H,14,16)(H2,12,13,15). The van der Waals surface area contributed by atoms with Gasteiger partial charge in [0.2, 0.25) is 0 Å². The number of ether oxygens (including phenoxy) is 1. The first-order chi connectivity index (χ1) is 8.02. The third kappa shape index (κ3) is 3.93. The van der Waals surface area contributed by atoms with Crippen molar-refractivity contribution in [2.45, 2.75) is 0 Å². The average Bonchev–Trinajstić information content (AvgIpc) is 2.29. The van der Waals surface area contributed by atoms with E-state index in [-0.39, 0.29) is 5.69 Å². The number of hydrogen-bond donors (Lipinski definition) is 3. The van der Waals surface area contributed by atoms with Crippen molar-refractivity contribution in [2.24, 2.45) is 0 Å². The Morgan fingerprint density at radius 3 is 2.53 bits per heavy atom. The van der Waals surface area contributed by atoms with Gasteiger partial charge in [0.05, 0.1) is 12.8 Å². The van der Waals surface area contributed by atoms with Crippen molar-refractivity contribution in [3.63, 3.8) is 0 Å². The van der Waals surface area contributed by atoms with E-state index in [2.05, 4.69) is 10.1 Å². The summed E-state index contributed by atoms with van der Waals surface area (Å²) in [4.78, 5) is 21.7. The number of rotatable bonds is 1. The van der Waals surface area contributed by atoms with Gasteiger partial charge in [-0.25, -0.2) is 29.2 Å². The highest BCUT2D eigenvalue weighted by atomic mass is 19.1. The molecule has 8 heteroatoms. The van der Waals surface area contributed by atoms with Crippen molar-refractivity contribution in [1.29, 1.82) is 0 Å². The van der Waals surface area contributed by atoms with Gasteiger partial charge >= 0.3 is 12.1 Å². The molecule has 0 saturated carbocycles. The van der Waals surface area contributed by atoms with Crippen molar-refractivity contribution in [2.75, 3.05) is 12.4 Å². The lowest BCUT2D eigenvalue weighted by molar-refractivity contribution is 0.166. The SMILES string of the molecule is COC(=O)NNC(=O)Nc1ccc(F)cc1F. The largest absolute Gasteiger partial charge is 0.452 e. The fraction of sp³-hybridized carbons (Fsp3) is 0.111. The van der Waals surface area contributed by atoms with Gasteiger partial charge < -0.3 is 10.1 Å². The predicted octanol–water partition coefficient (Wildman–Crippen LogP) is 1.36. The van der Waals surface area contributed by atoms with Crippen LogP contribution >= 0.6 is 0 Å². The molecule has 0 fully saturated rings. The molecule has 0 radical (unpaired) electrons. The van der Waals surface area contributed by atoms with Gasteiger partial charge in [-0.15, -0.1) is 0 Å². The van der Waals surface area contributed by atoms with Gasteiger partial charge in [0, 0.05) is 6.07 Å². The number of carbonyl (C=O) groups excluding carboxylic acids is 2. The molecule has 3 amide bonds. The smallest absolute Gasteiger partial charge is 0.425 e. The molecule has 0 aliphatic rings.